The van der Waals surface area contributed by atoms with Crippen molar-refractivity contribution in [2.45, 2.75) is 56.5 Å². The van der Waals surface area contributed by atoms with Crippen LogP contribution in [0.3, 0.4) is 0 Å². The fraction of sp³-hybridized carbons (Fsp3) is 0.133. The van der Waals surface area contributed by atoms with E-state index < -0.39 is 11.1 Å². The van der Waals surface area contributed by atoms with Crippen molar-refractivity contribution in [3.05, 3.63) is 335 Å². The summed E-state index contributed by atoms with van der Waals surface area (Å²) in [5, 5.41) is 28.1. The number of ether oxygens (including phenoxy) is 1. The number of rotatable bonds is 20. The minimum Gasteiger partial charge on any atom is -0.469 e. The molecule has 0 saturated carbocycles. The third kappa shape index (κ3) is 10.6. The molecule has 0 unspecified atom stereocenters. The van der Waals surface area contributed by atoms with Gasteiger partial charge < -0.3 is 14.5 Å². The topological polar surface area (TPSA) is 120 Å². The van der Waals surface area contributed by atoms with Gasteiger partial charge in [-0.3, -0.25) is 4.79 Å². The van der Waals surface area contributed by atoms with E-state index in [2.05, 4.69) is 264 Å². The standard InChI is InChI=1S/C75H64N10O2/c1-55-82(52-56-44-48-58(49-45-56)67-39-21-23-41-69(67)72-76-78-80-84(72)74(60-26-9-3-10-27-60,61-28-11-4-12-29-61)62-30-13-5-14-31-62)54-66(38-25-43-71(86)87-2)83(55)53-57-46-50-59(51-47-57)68-40-22-24-42-70(68)73-77-79-81-85(73)75(63-32-15-6-16-33-63,64-34-17-7-18-35-64)65-36-19-8-20-37-65/h3-24,26-37,39-42,44-51,54-55H,25,38,43,52-53H2,1-2H3/t55-/m1/s1. The molecule has 12 aromatic rings. The van der Waals surface area contributed by atoms with Crippen LogP contribution in [0.5, 0.6) is 0 Å². The van der Waals surface area contributed by atoms with Crippen molar-refractivity contribution in [1.29, 1.82) is 0 Å². The number of aromatic nitrogens is 8. The lowest BCUT2D eigenvalue weighted by Crippen LogP contribution is -2.39. The van der Waals surface area contributed by atoms with E-state index in [-0.39, 0.29) is 12.1 Å². The van der Waals surface area contributed by atoms with Crippen molar-refractivity contribution in [3.63, 3.8) is 0 Å². The lowest BCUT2D eigenvalue weighted by molar-refractivity contribution is -0.140. The largest absolute Gasteiger partial charge is 0.469 e. The molecule has 1 aliphatic rings. The van der Waals surface area contributed by atoms with Crippen LogP contribution in [0.4, 0.5) is 0 Å². The summed E-state index contributed by atoms with van der Waals surface area (Å²) in [5.41, 5.74) is 13.9. The highest BCUT2D eigenvalue weighted by Gasteiger charge is 2.44. The van der Waals surface area contributed by atoms with Crippen LogP contribution in [0.15, 0.2) is 291 Å². The van der Waals surface area contributed by atoms with Crippen LogP contribution in [0, 0.1) is 0 Å². The number of allylic oxidation sites excluding steroid dienone is 1. The summed E-state index contributed by atoms with van der Waals surface area (Å²) < 4.78 is 9.05. The smallest absolute Gasteiger partial charge is 0.305 e. The molecule has 0 fully saturated rings. The van der Waals surface area contributed by atoms with E-state index in [0.29, 0.717) is 37.6 Å². The van der Waals surface area contributed by atoms with Gasteiger partial charge in [-0.1, -0.05) is 279 Å². The number of methoxy groups -OCH3 is 1. The summed E-state index contributed by atoms with van der Waals surface area (Å²) in [5.74, 6) is 1.08. The number of tetrazole rings is 2. The molecule has 426 valence electrons. The van der Waals surface area contributed by atoms with Gasteiger partial charge in [0.05, 0.1) is 13.3 Å². The molecule has 0 bridgehead atoms. The van der Waals surface area contributed by atoms with Gasteiger partial charge in [-0.15, -0.1) is 10.2 Å². The molecule has 0 radical (unpaired) electrons. The number of hydrogen-bond acceptors (Lipinski definition) is 10. The number of nitrogens with zero attached hydrogens (tertiary/aromatic N) is 10. The molecule has 0 spiro atoms. The number of hydrogen-bond donors (Lipinski definition) is 0. The van der Waals surface area contributed by atoms with Gasteiger partial charge in [-0.25, -0.2) is 9.36 Å². The summed E-state index contributed by atoms with van der Waals surface area (Å²) in [7, 11) is 1.45. The van der Waals surface area contributed by atoms with Crippen molar-refractivity contribution in [3.8, 4) is 45.0 Å². The van der Waals surface area contributed by atoms with E-state index in [1.54, 1.807) is 0 Å². The summed E-state index contributed by atoms with van der Waals surface area (Å²) in [6.07, 6.45) is 4.04. The predicted octanol–water partition coefficient (Wildman–Crippen LogP) is 14.9. The molecule has 2 aromatic heterocycles. The van der Waals surface area contributed by atoms with Crippen LogP contribution >= 0.6 is 0 Å². The van der Waals surface area contributed by atoms with E-state index >= 15 is 0 Å². The molecule has 1 aliphatic heterocycles. The average Bonchev–Trinajstić information content (AvgIpc) is 1.79. The molecule has 12 nitrogen and oxygen atoms in total. The Balaban J connectivity index is 0.779. The van der Waals surface area contributed by atoms with Crippen molar-refractivity contribution in [2.75, 3.05) is 7.11 Å². The number of esters is 1. The minimum atomic E-state index is -0.898. The highest BCUT2D eigenvalue weighted by molar-refractivity contribution is 5.82. The molecule has 1 atom stereocenters. The summed E-state index contributed by atoms with van der Waals surface area (Å²) in [4.78, 5) is 17.3. The third-order valence-electron chi connectivity index (χ3n) is 17.0. The van der Waals surface area contributed by atoms with Gasteiger partial charge in [-0.2, -0.15) is 0 Å². The Kier molecular flexibility index (Phi) is 15.8. The van der Waals surface area contributed by atoms with Crippen molar-refractivity contribution in [2.24, 2.45) is 0 Å². The SMILES string of the molecule is COC(=O)CCCC1=CN(Cc2ccc(-c3ccccc3-c3nnnn3C(c3ccccc3)(c3ccccc3)c3ccccc3)cc2)[C@@H](C)N1Cc1ccc(-c2ccccc2-c2nnnn2C(c2ccccc2)(c2ccccc2)c2ccccc2)cc1. The van der Waals surface area contributed by atoms with Crippen LogP contribution in [0.1, 0.15) is 70.7 Å². The number of carbonyl (C=O) groups is 1. The Morgan fingerprint density at radius 1 is 0.425 bits per heavy atom. The molecular weight excluding hydrogens is 1070 g/mol. The fourth-order valence-corrected chi connectivity index (χ4v) is 12.7. The molecule has 87 heavy (non-hydrogen) atoms. The maximum atomic E-state index is 12.4. The molecule has 3 heterocycles. The molecule has 12 heteroatoms. The average molecular weight is 1140 g/mol. The first-order chi connectivity index (χ1) is 42.9. The van der Waals surface area contributed by atoms with Gasteiger partial charge >= 0.3 is 5.97 Å². The summed E-state index contributed by atoms with van der Waals surface area (Å²) in [6, 6.07) is 97.3. The van der Waals surface area contributed by atoms with E-state index in [1.165, 1.54) is 18.4 Å². The fourth-order valence-electron chi connectivity index (χ4n) is 12.7. The van der Waals surface area contributed by atoms with Gasteiger partial charge in [-0.05, 0) is 107 Å². The van der Waals surface area contributed by atoms with E-state index in [0.717, 1.165) is 78.7 Å². The molecule has 0 aliphatic carbocycles. The van der Waals surface area contributed by atoms with Crippen molar-refractivity contribution < 1.29 is 9.53 Å². The predicted molar refractivity (Wildman–Crippen MR) is 341 cm³/mol. The Morgan fingerprint density at radius 3 is 1.11 bits per heavy atom. The molecule has 0 amide bonds. The number of carbonyl (C=O) groups excluding carboxylic acids is 1. The highest BCUT2D eigenvalue weighted by Crippen LogP contribution is 2.46. The first-order valence-corrected chi connectivity index (χ1v) is 29.5. The molecule has 0 N–H and O–H groups in total. The molecule has 13 rings (SSSR count). The Labute approximate surface area is 507 Å². The van der Waals surface area contributed by atoms with Crippen molar-refractivity contribution >= 4 is 5.97 Å². The van der Waals surface area contributed by atoms with E-state index in [1.807, 2.05) is 57.9 Å². The van der Waals surface area contributed by atoms with Crippen LogP contribution in [0.2, 0.25) is 0 Å². The van der Waals surface area contributed by atoms with Crippen LogP contribution in [-0.4, -0.2) is 69.5 Å². The summed E-state index contributed by atoms with van der Waals surface area (Å²) in [6.45, 7) is 3.61. The second-order valence-electron chi connectivity index (χ2n) is 21.9. The quantitative estimate of drug-likeness (QED) is 0.0539. The Bertz CT molecular complexity index is 4080. The van der Waals surface area contributed by atoms with Gasteiger partial charge in [0.25, 0.3) is 0 Å². The number of benzene rings is 10. The maximum Gasteiger partial charge on any atom is 0.305 e. The first-order valence-electron chi connectivity index (χ1n) is 29.5. The Hall–Kier alpha value is -10.9. The minimum absolute atomic E-state index is 0.0230. The molecule has 10 aromatic carbocycles. The third-order valence-corrected chi connectivity index (χ3v) is 17.0. The monoisotopic (exact) mass is 1140 g/mol. The van der Waals surface area contributed by atoms with Gasteiger partial charge in [0.1, 0.15) is 11.1 Å². The van der Waals surface area contributed by atoms with Crippen LogP contribution < -0.4 is 0 Å². The van der Waals surface area contributed by atoms with Crippen molar-refractivity contribution in [1.82, 2.24) is 50.2 Å². The zero-order valence-electron chi connectivity index (χ0n) is 48.5. The van der Waals surface area contributed by atoms with Gasteiger partial charge in [0.2, 0.25) is 0 Å². The lowest BCUT2D eigenvalue weighted by atomic mass is 9.77. The maximum absolute atomic E-state index is 12.4. The van der Waals surface area contributed by atoms with Gasteiger partial charge in [0.15, 0.2) is 11.6 Å². The van der Waals surface area contributed by atoms with E-state index in [4.69, 9.17) is 25.4 Å². The second-order valence-corrected chi connectivity index (χ2v) is 21.9. The van der Waals surface area contributed by atoms with Crippen LogP contribution in [0.25, 0.3) is 45.0 Å². The van der Waals surface area contributed by atoms with Crippen LogP contribution in [-0.2, 0) is 33.7 Å². The zero-order chi connectivity index (χ0) is 59.0. The summed E-state index contributed by atoms with van der Waals surface area (Å²) >= 11 is 0. The van der Waals surface area contributed by atoms with Gasteiger partial charge in [0, 0.05) is 42.5 Å². The Morgan fingerprint density at radius 2 is 0.759 bits per heavy atom. The highest BCUT2D eigenvalue weighted by atomic mass is 16.5. The molecular formula is C75H64N10O2. The first kappa shape index (κ1) is 55.3. The zero-order valence-corrected chi connectivity index (χ0v) is 48.5. The second kappa shape index (κ2) is 24.8. The normalized spacial score (nSPS) is 13.4. The van der Waals surface area contributed by atoms with E-state index in [9.17, 15) is 4.79 Å². The lowest BCUT2D eigenvalue weighted by Gasteiger charge is -2.36. The molecule has 0 saturated heterocycles.